The van der Waals surface area contributed by atoms with Crippen LogP contribution in [0.1, 0.15) is 78.1 Å². The average molecular weight is 1290 g/mol. The highest BCUT2D eigenvalue weighted by Crippen LogP contribution is 2.74. The topological polar surface area (TPSA) is 532 Å². The number of ether oxygens (including phenoxy) is 12. The molecule has 10 fully saturated rings. The monoisotopic (exact) mass is 1290 g/mol. The van der Waals surface area contributed by atoms with Crippen molar-refractivity contribution in [2.24, 2.45) is 28.1 Å². The summed E-state index contributed by atoms with van der Waals surface area (Å²) in [6.07, 6.45) is -44.2. The molecule has 0 amide bonds. The van der Waals surface area contributed by atoms with Crippen molar-refractivity contribution in [1.29, 1.82) is 0 Å². The third-order valence-electron chi connectivity index (χ3n) is 21.3. The predicted octanol–water partition coefficient (Wildman–Crippen LogP) is -9.11. The summed E-state index contributed by atoms with van der Waals surface area (Å²) in [7, 11) is 0. The van der Waals surface area contributed by atoms with E-state index in [1.807, 2.05) is 0 Å². The molecule has 1 spiro atoms. The van der Waals surface area contributed by atoms with E-state index in [1.165, 1.54) is 0 Å². The summed E-state index contributed by atoms with van der Waals surface area (Å²) in [6, 6.07) is 0. The molecule has 10 rings (SSSR count). The summed E-state index contributed by atoms with van der Waals surface area (Å²) in [5.74, 6) is -6.84. The summed E-state index contributed by atoms with van der Waals surface area (Å²) in [4.78, 5) is 15.0. The van der Waals surface area contributed by atoms with E-state index in [2.05, 4.69) is 13.5 Å². The van der Waals surface area contributed by atoms with Crippen LogP contribution in [0.4, 0.5) is 0 Å². The maximum Gasteiger partial charge on any atom is 0.314 e. The van der Waals surface area contributed by atoms with E-state index in [4.69, 9.17) is 56.8 Å². The summed E-state index contributed by atoms with van der Waals surface area (Å²) < 4.78 is 71.3. The first-order valence-corrected chi connectivity index (χ1v) is 30.3. The maximum absolute atomic E-state index is 15.0. The van der Waals surface area contributed by atoms with Gasteiger partial charge < -0.3 is 159 Å². The third-order valence-corrected chi connectivity index (χ3v) is 21.3. The highest BCUT2D eigenvalue weighted by atomic mass is 16.8. The van der Waals surface area contributed by atoms with Crippen LogP contribution in [-0.2, 0) is 61.6 Å². The molecule has 2 bridgehead atoms. The third kappa shape index (κ3) is 12.4. The first kappa shape index (κ1) is 69.8. The van der Waals surface area contributed by atoms with Gasteiger partial charge in [-0.25, -0.2) is 0 Å². The van der Waals surface area contributed by atoms with Crippen molar-refractivity contribution >= 4 is 5.97 Å². The van der Waals surface area contributed by atoms with Gasteiger partial charge in [0.15, 0.2) is 37.1 Å². The van der Waals surface area contributed by atoms with Gasteiger partial charge in [0.2, 0.25) is 12.1 Å². The summed E-state index contributed by atoms with van der Waals surface area (Å²) in [5, 5.41) is 215. The lowest BCUT2D eigenvalue weighted by Gasteiger charge is -2.64. The van der Waals surface area contributed by atoms with Gasteiger partial charge in [0.1, 0.15) is 123 Å². The molecule has 6 aliphatic heterocycles. The van der Waals surface area contributed by atoms with E-state index < -0.39 is 252 Å². The van der Waals surface area contributed by atoms with E-state index in [0.29, 0.717) is 50.5 Å². The fourth-order valence-electron chi connectivity index (χ4n) is 16.4. The van der Waals surface area contributed by atoms with Crippen LogP contribution in [0.2, 0.25) is 0 Å². The SMILES string of the molecule is C=C1CC23CCC4[C@](C)(C(=O)OC5OC(CO)C(O)C(O)C5OC5OC(CO)[C@H](O)C(O)C5O)CCC[C@@]4(C)[C@@H]2CC[C@]1(OC1OC(O)(CO)CC(OC2(O)COC(COC4OC(CO)C(O)C(O)C4O)C(O)C2O)C1OC1OC(CO)C(O)C(O)C1O)C3. The van der Waals surface area contributed by atoms with Crippen LogP contribution in [-0.4, -0.2) is 331 Å². The van der Waals surface area contributed by atoms with Crippen LogP contribution in [0.5, 0.6) is 0 Å². The standard InChI is InChI=1S/C56H90O33/c1-21-11-53-9-5-28-51(2,7-4-8-52(28,3)50(75)86-48-43(38(70)33(65)26(16-60)83-48)85-47-41(73)37(69)32(64)25(15-59)82-47)29(53)6-10-54(21,18-53)88-49-42(84-46-40(72)36(68)31(63)24(14-58)81-46)22(12-55(76,19-61)89-49)87-56(77)20-79-27(34(66)44(56)74)17-78-45-39(71)35(67)30(62)23(13-57)80-45/h22-49,57-74,76-77H,1,4-20H2,2-3H3/t22?,23?,24?,25?,26?,27?,28?,29-,30?,31?,32-,33?,34?,35?,36?,37?,38?,39?,40?,41?,42?,43?,44?,45?,46?,47?,48?,49?,51+,52+,53?,54-,55?,56?/m0/s1. The number of carbonyl (C=O) groups is 1. The summed E-state index contributed by atoms with van der Waals surface area (Å²) >= 11 is 0. The number of aliphatic hydroxyl groups is 20. The second kappa shape index (κ2) is 26.5. The fourth-order valence-corrected chi connectivity index (χ4v) is 16.4. The molecule has 0 aromatic carbocycles. The first-order chi connectivity index (χ1) is 41.9. The van der Waals surface area contributed by atoms with Crippen LogP contribution in [0.15, 0.2) is 12.2 Å². The fraction of sp³-hybridized carbons (Fsp3) is 0.946. The number of rotatable bonds is 18. The Morgan fingerprint density at radius 1 is 0.562 bits per heavy atom. The molecule has 512 valence electrons. The minimum absolute atomic E-state index is 0.139. The smallest absolute Gasteiger partial charge is 0.314 e. The molecule has 6 saturated heterocycles. The van der Waals surface area contributed by atoms with E-state index in [0.717, 1.165) is 0 Å². The molecule has 29 unspecified atom stereocenters. The average Bonchev–Trinajstić information content (AvgIpc) is 1.65. The summed E-state index contributed by atoms with van der Waals surface area (Å²) in [5.41, 5.74) is -3.22. The van der Waals surface area contributed by atoms with Gasteiger partial charge in [-0.1, -0.05) is 19.9 Å². The van der Waals surface area contributed by atoms with Crippen molar-refractivity contribution in [2.75, 3.05) is 46.2 Å². The quantitative estimate of drug-likeness (QED) is 0.0262. The highest BCUT2D eigenvalue weighted by Gasteiger charge is 2.70. The Morgan fingerprint density at radius 3 is 1.64 bits per heavy atom. The Morgan fingerprint density at radius 2 is 1.08 bits per heavy atom. The number of fused-ring (bicyclic) bond motifs is 3. The zero-order valence-corrected chi connectivity index (χ0v) is 49.1. The Balaban J connectivity index is 0.884. The lowest BCUT2D eigenvalue weighted by atomic mass is 9.41. The number of hydrogen-bond acceptors (Lipinski definition) is 33. The molecule has 33 nitrogen and oxygen atoms in total. The molecule has 0 aromatic heterocycles. The van der Waals surface area contributed by atoms with E-state index >= 15 is 0 Å². The number of aliphatic hydroxyl groups excluding tert-OH is 18. The molecule has 4 saturated carbocycles. The predicted molar refractivity (Wildman–Crippen MR) is 284 cm³/mol. The van der Waals surface area contributed by atoms with Crippen molar-refractivity contribution < 1.29 is 164 Å². The minimum Gasteiger partial charge on any atom is -0.432 e. The zero-order valence-electron chi connectivity index (χ0n) is 49.1. The molecular formula is C56H90O33. The van der Waals surface area contributed by atoms with Crippen molar-refractivity contribution in [3.05, 3.63) is 12.2 Å². The lowest BCUT2D eigenvalue weighted by molar-refractivity contribution is -0.433. The number of hydrogen-bond donors (Lipinski definition) is 20. The lowest BCUT2D eigenvalue weighted by Crippen LogP contribution is -2.69. The van der Waals surface area contributed by atoms with Gasteiger partial charge in [0.25, 0.3) is 0 Å². The van der Waals surface area contributed by atoms with Gasteiger partial charge in [-0.3, -0.25) is 4.79 Å². The largest absolute Gasteiger partial charge is 0.432 e. The van der Waals surface area contributed by atoms with Crippen molar-refractivity contribution in [3.63, 3.8) is 0 Å². The molecule has 89 heavy (non-hydrogen) atoms. The van der Waals surface area contributed by atoms with Gasteiger partial charge in [0.05, 0.1) is 56.8 Å². The summed E-state index contributed by atoms with van der Waals surface area (Å²) in [6.45, 7) is 2.24. The molecule has 20 N–H and O–H groups in total. The zero-order chi connectivity index (χ0) is 64.8. The number of esters is 1. The Labute approximate surface area is 509 Å². The molecule has 0 radical (unpaired) electrons. The van der Waals surface area contributed by atoms with Gasteiger partial charge in [-0.05, 0) is 86.5 Å². The Kier molecular flexibility index (Phi) is 20.8. The molecule has 34 atom stereocenters. The molecule has 4 aliphatic carbocycles. The maximum atomic E-state index is 15.0. The second-order valence-corrected chi connectivity index (χ2v) is 26.7. The van der Waals surface area contributed by atoms with Crippen LogP contribution < -0.4 is 0 Å². The Bertz CT molecular complexity index is 2430. The van der Waals surface area contributed by atoms with Gasteiger partial charge >= 0.3 is 5.97 Å². The van der Waals surface area contributed by atoms with Gasteiger partial charge in [-0.15, -0.1) is 0 Å². The van der Waals surface area contributed by atoms with E-state index in [1.54, 1.807) is 6.92 Å². The van der Waals surface area contributed by atoms with Crippen LogP contribution in [0.3, 0.4) is 0 Å². The Hall–Kier alpha value is -2.03. The van der Waals surface area contributed by atoms with E-state index in [-0.39, 0.29) is 24.7 Å². The van der Waals surface area contributed by atoms with Crippen molar-refractivity contribution in [2.45, 2.75) is 255 Å². The normalized spacial score (nSPS) is 54.5. The second-order valence-electron chi connectivity index (χ2n) is 26.7. The van der Waals surface area contributed by atoms with Crippen molar-refractivity contribution in [1.82, 2.24) is 0 Å². The van der Waals surface area contributed by atoms with Crippen LogP contribution in [0.25, 0.3) is 0 Å². The van der Waals surface area contributed by atoms with Crippen LogP contribution in [0, 0.1) is 28.1 Å². The molecular weight excluding hydrogens is 1200 g/mol. The molecule has 33 heteroatoms. The molecule has 0 aromatic rings. The van der Waals surface area contributed by atoms with E-state index in [9.17, 15) is 107 Å². The van der Waals surface area contributed by atoms with Gasteiger partial charge in [-0.2, -0.15) is 0 Å². The molecule has 6 heterocycles. The van der Waals surface area contributed by atoms with Crippen LogP contribution >= 0.6 is 0 Å². The number of carbonyl (C=O) groups excluding carboxylic acids is 1. The molecule has 10 aliphatic rings. The first-order valence-electron chi connectivity index (χ1n) is 30.3. The minimum atomic E-state index is -2.94. The highest BCUT2D eigenvalue weighted by molar-refractivity contribution is 5.77. The van der Waals surface area contributed by atoms with Gasteiger partial charge in [0, 0.05) is 6.42 Å². The van der Waals surface area contributed by atoms with Crippen molar-refractivity contribution in [3.8, 4) is 0 Å².